The fourth-order valence-electron chi connectivity index (χ4n) is 1.74. The minimum absolute atomic E-state index is 0.181. The van der Waals surface area contributed by atoms with Crippen molar-refractivity contribution in [1.82, 2.24) is 10.2 Å². The molecule has 3 N–H and O–H groups in total. The van der Waals surface area contributed by atoms with Gasteiger partial charge in [0, 0.05) is 17.8 Å². The van der Waals surface area contributed by atoms with Crippen molar-refractivity contribution in [1.29, 1.82) is 0 Å². The zero-order valence-corrected chi connectivity index (χ0v) is 11.9. The number of rotatable bonds is 5. The Kier molecular flexibility index (Phi) is 5.33. The SMILES string of the molecule is C=C(C)CNC(N)=NCC1(N(C)C)CCSC1. The highest BCUT2D eigenvalue weighted by atomic mass is 32.2. The summed E-state index contributed by atoms with van der Waals surface area (Å²) >= 11 is 1.99. The van der Waals surface area contributed by atoms with Crippen molar-refractivity contribution in [3.05, 3.63) is 12.2 Å². The van der Waals surface area contributed by atoms with Crippen molar-refractivity contribution in [2.75, 3.05) is 38.7 Å². The Bertz CT molecular complexity index is 293. The molecule has 4 nitrogen and oxygen atoms in total. The Balaban J connectivity index is 2.51. The molecule has 5 heteroatoms. The lowest BCUT2D eigenvalue weighted by Gasteiger charge is -2.34. The molecule has 1 unspecified atom stereocenters. The van der Waals surface area contributed by atoms with E-state index in [-0.39, 0.29) is 5.54 Å². The van der Waals surface area contributed by atoms with Crippen LogP contribution in [0.4, 0.5) is 0 Å². The predicted molar refractivity (Wildman–Crippen MR) is 77.7 cm³/mol. The van der Waals surface area contributed by atoms with E-state index in [1.165, 1.54) is 12.2 Å². The van der Waals surface area contributed by atoms with E-state index in [4.69, 9.17) is 5.73 Å². The van der Waals surface area contributed by atoms with E-state index in [1.807, 2.05) is 18.7 Å². The fourth-order valence-corrected chi connectivity index (χ4v) is 3.29. The van der Waals surface area contributed by atoms with Crippen LogP contribution in [0.3, 0.4) is 0 Å². The molecule has 0 aromatic heterocycles. The molecule has 1 heterocycles. The van der Waals surface area contributed by atoms with E-state index in [2.05, 4.69) is 35.9 Å². The van der Waals surface area contributed by atoms with Gasteiger partial charge in [0.15, 0.2) is 5.96 Å². The van der Waals surface area contributed by atoms with Crippen molar-refractivity contribution in [3.8, 4) is 0 Å². The van der Waals surface area contributed by atoms with Gasteiger partial charge in [-0.15, -0.1) is 0 Å². The maximum Gasteiger partial charge on any atom is 0.188 e. The lowest BCUT2D eigenvalue weighted by atomic mass is 9.98. The molecule has 1 atom stereocenters. The molecule has 1 fully saturated rings. The fraction of sp³-hybridized carbons (Fsp3) is 0.750. The average molecular weight is 256 g/mol. The summed E-state index contributed by atoms with van der Waals surface area (Å²) in [6.45, 7) is 7.25. The number of aliphatic imine (C=N–C) groups is 1. The standard InChI is InChI=1S/C12H24N4S/c1-10(2)7-14-11(13)15-8-12(16(3)4)5-6-17-9-12/h1,5-9H2,2-4H3,(H3,13,14,15). The van der Waals surface area contributed by atoms with Crippen LogP contribution in [-0.2, 0) is 0 Å². The summed E-state index contributed by atoms with van der Waals surface area (Å²) < 4.78 is 0. The van der Waals surface area contributed by atoms with Gasteiger partial charge >= 0.3 is 0 Å². The highest BCUT2D eigenvalue weighted by Gasteiger charge is 2.36. The van der Waals surface area contributed by atoms with Crippen molar-refractivity contribution in [3.63, 3.8) is 0 Å². The van der Waals surface area contributed by atoms with Gasteiger partial charge in [-0.2, -0.15) is 11.8 Å². The normalized spacial score (nSPS) is 25.3. The molecular formula is C12H24N4S. The first kappa shape index (κ1) is 14.4. The summed E-state index contributed by atoms with van der Waals surface area (Å²) in [6, 6.07) is 0. The third kappa shape index (κ3) is 4.24. The smallest absolute Gasteiger partial charge is 0.188 e. The molecule has 1 rings (SSSR count). The zero-order chi connectivity index (χ0) is 12.9. The summed E-state index contributed by atoms with van der Waals surface area (Å²) in [7, 11) is 4.25. The van der Waals surface area contributed by atoms with E-state index >= 15 is 0 Å². The van der Waals surface area contributed by atoms with Gasteiger partial charge in [-0.1, -0.05) is 12.2 Å². The molecule has 0 amide bonds. The van der Waals surface area contributed by atoms with Crippen LogP contribution in [0.15, 0.2) is 17.1 Å². The second-order valence-electron chi connectivity index (χ2n) is 4.93. The van der Waals surface area contributed by atoms with Crippen molar-refractivity contribution in [2.24, 2.45) is 10.7 Å². The molecule has 0 aromatic carbocycles. The van der Waals surface area contributed by atoms with E-state index < -0.39 is 0 Å². The lowest BCUT2D eigenvalue weighted by molar-refractivity contribution is 0.190. The van der Waals surface area contributed by atoms with Gasteiger partial charge in [-0.05, 0) is 33.2 Å². The summed E-state index contributed by atoms with van der Waals surface area (Å²) in [6.07, 6.45) is 1.18. The van der Waals surface area contributed by atoms with Crippen LogP contribution in [0.25, 0.3) is 0 Å². The maximum absolute atomic E-state index is 5.83. The first-order valence-electron chi connectivity index (χ1n) is 5.90. The molecule has 98 valence electrons. The molecule has 0 saturated carbocycles. The van der Waals surface area contributed by atoms with Gasteiger partial charge in [-0.3, -0.25) is 4.99 Å². The molecule has 0 aromatic rings. The minimum Gasteiger partial charge on any atom is -0.370 e. The second-order valence-corrected chi connectivity index (χ2v) is 6.04. The molecule has 0 bridgehead atoms. The Morgan fingerprint density at radius 2 is 2.29 bits per heavy atom. The second kappa shape index (κ2) is 6.31. The predicted octanol–water partition coefficient (Wildman–Crippen LogP) is 0.904. The van der Waals surface area contributed by atoms with Crippen LogP contribution in [0, 0.1) is 0 Å². The number of hydrogen-bond acceptors (Lipinski definition) is 3. The van der Waals surface area contributed by atoms with Crippen LogP contribution in [-0.4, -0.2) is 55.1 Å². The van der Waals surface area contributed by atoms with Crippen molar-refractivity contribution in [2.45, 2.75) is 18.9 Å². The summed E-state index contributed by atoms with van der Waals surface area (Å²) in [5.74, 6) is 2.87. The summed E-state index contributed by atoms with van der Waals surface area (Å²) in [5, 5.41) is 3.07. The molecule has 1 aliphatic heterocycles. The number of likely N-dealkylation sites (N-methyl/N-ethyl adjacent to an activating group) is 1. The molecule has 0 spiro atoms. The van der Waals surface area contributed by atoms with Gasteiger partial charge in [0.25, 0.3) is 0 Å². The largest absolute Gasteiger partial charge is 0.370 e. The maximum atomic E-state index is 5.83. The number of nitrogens with one attached hydrogen (secondary N) is 1. The van der Waals surface area contributed by atoms with Crippen molar-refractivity contribution >= 4 is 17.7 Å². The zero-order valence-electron chi connectivity index (χ0n) is 11.1. The topological polar surface area (TPSA) is 53.6 Å². The molecule has 0 aliphatic carbocycles. The molecule has 17 heavy (non-hydrogen) atoms. The van der Waals surface area contributed by atoms with E-state index in [9.17, 15) is 0 Å². The van der Waals surface area contributed by atoms with Gasteiger partial charge in [0.1, 0.15) is 0 Å². The van der Waals surface area contributed by atoms with Gasteiger partial charge in [-0.25, -0.2) is 0 Å². The van der Waals surface area contributed by atoms with Gasteiger partial charge in [0.2, 0.25) is 0 Å². The average Bonchev–Trinajstić information content (AvgIpc) is 2.73. The third-order valence-electron chi connectivity index (χ3n) is 3.15. The van der Waals surface area contributed by atoms with E-state index in [1.54, 1.807) is 0 Å². The highest BCUT2D eigenvalue weighted by molar-refractivity contribution is 7.99. The number of hydrogen-bond donors (Lipinski definition) is 2. The van der Waals surface area contributed by atoms with Crippen LogP contribution >= 0.6 is 11.8 Å². The Labute approximate surface area is 109 Å². The van der Waals surface area contributed by atoms with Crippen LogP contribution in [0.2, 0.25) is 0 Å². The molecule has 1 aliphatic rings. The number of nitrogens with zero attached hydrogens (tertiary/aromatic N) is 2. The number of thioether (sulfide) groups is 1. The lowest BCUT2D eigenvalue weighted by Crippen LogP contribution is -2.48. The summed E-state index contributed by atoms with van der Waals surface area (Å²) in [5.41, 5.74) is 7.07. The highest BCUT2D eigenvalue weighted by Crippen LogP contribution is 2.32. The van der Waals surface area contributed by atoms with Gasteiger partial charge < -0.3 is 16.0 Å². The van der Waals surface area contributed by atoms with Crippen LogP contribution in [0.1, 0.15) is 13.3 Å². The molecular weight excluding hydrogens is 232 g/mol. The monoisotopic (exact) mass is 256 g/mol. The molecule has 1 saturated heterocycles. The number of nitrogens with two attached hydrogens (primary N) is 1. The summed E-state index contributed by atoms with van der Waals surface area (Å²) in [4.78, 5) is 6.74. The molecule has 0 radical (unpaired) electrons. The minimum atomic E-state index is 0.181. The van der Waals surface area contributed by atoms with E-state index in [0.717, 1.165) is 17.9 Å². The van der Waals surface area contributed by atoms with Crippen molar-refractivity contribution < 1.29 is 0 Å². The van der Waals surface area contributed by atoms with Gasteiger partial charge in [0.05, 0.1) is 6.54 Å². The Morgan fingerprint density at radius 3 is 2.76 bits per heavy atom. The Morgan fingerprint density at radius 1 is 1.59 bits per heavy atom. The quantitative estimate of drug-likeness (QED) is 0.436. The van der Waals surface area contributed by atoms with Crippen LogP contribution in [0.5, 0.6) is 0 Å². The Hall–Kier alpha value is -0.680. The first-order valence-corrected chi connectivity index (χ1v) is 7.05. The van der Waals surface area contributed by atoms with Crippen LogP contribution < -0.4 is 11.1 Å². The first-order chi connectivity index (χ1) is 7.96. The van der Waals surface area contributed by atoms with E-state index in [0.29, 0.717) is 12.5 Å². The third-order valence-corrected chi connectivity index (χ3v) is 4.38. The number of guanidine groups is 1.